The Labute approximate surface area is 189 Å². The van der Waals surface area contributed by atoms with Crippen LogP contribution in [-0.4, -0.2) is 67.4 Å². The molecule has 1 atom stereocenters. The molecule has 0 radical (unpaired) electrons. The molecule has 0 bridgehead atoms. The fraction of sp³-hybridized carbons (Fsp3) is 0.440. The maximum Gasteiger partial charge on any atom is 0.253 e. The molecule has 2 aromatic carbocycles. The van der Waals surface area contributed by atoms with Gasteiger partial charge in [0.25, 0.3) is 5.91 Å². The number of piperidine rings is 1. The molecule has 4 rings (SSSR count). The number of nitrogens with zero attached hydrogens (tertiary/aromatic N) is 3. The number of anilines is 2. The SMILES string of the molecule is CCN1CCN(c2ccccc2NC(=O)C2CCCN(C(=O)c3ccc(F)cc3)C2)CC1. The Morgan fingerprint density at radius 1 is 1.00 bits per heavy atom. The number of likely N-dealkylation sites (tertiary alicyclic amines) is 1. The third kappa shape index (κ3) is 5.10. The van der Waals surface area contributed by atoms with Crippen LogP contribution in [0.4, 0.5) is 15.8 Å². The second-order valence-corrected chi connectivity index (χ2v) is 8.52. The molecule has 170 valence electrons. The molecule has 1 N–H and O–H groups in total. The lowest BCUT2D eigenvalue weighted by molar-refractivity contribution is -0.121. The predicted molar refractivity (Wildman–Crippen MR) is 124 cm³/mol. The summed E-state index contributed by atoms with van der Waals surface area (Å²) in [6.07, 6.45) is 1.52. The lowest BCUT2D eigenvalue weighted by atomic mass is 9.96. The lowest BCUT2D eigenvalue weighted by Gasteiger charge is -2.36. The van der Waals surface area contributed by atoms with Gasteiger partial charge in [0.05, 0.1) is 17.3 Å². The Balaban J connectivity index is 1.41. The Hall–Kier alpha value is -2.93. The number of likely N-dealkylation sites (N-methyl/N-ethyl adjacent to an activating group) is 1. The van der Waals surface area contributed by atoms with Gasteiger partial charge in [-0.25, -0.2) is 4.39 Å². The molecule has 0 spiro atoms. The van der Waals surface area contributed by atoms with E-state index >= 15 is 0 Å². The van der Waals surface area contributed by atoms with Crippen LogP contribution in [0.5, 0.6) is 0 Å². The smallest absolute Gasteiger partial charge is 0.253 e. The molecule has 2 aliphatic rings. The van der Waals surface area contributed by atoms with Crippen molar-refractivity contribution in [1.82, 2.24) is 9.80 Å². The summed E-state index contributed by atoms with van der Waals surface area (Å²) in [6, 6.07) is 13.5. The molecular formula is C25H31FN4O2. The molecular weight excluding hydrogens is 407 g/mol. The van der Waals surface area contributed by atoms with Gasteiger partial charge in [0.15, 0.2) is 0 Å². The normalized spacial score (nSPS) is 19.6. The molecule has 2 aliphatic heterocycles. The minimum atomic E-state index is -0.368. The summed E-state index contributed by atoms with van der Waals surface area (Å²) in [5.41, 5.74) is 2.32. The van der Waals surface area contributed by atoms with Gasteiger partial charge in [0.2, 0.25) is 5.91 Å². The number of amides is 2. The van der Waals surface area contributed by atoms with E-state index in [2.05, 4.69) is 28.1 Å². The zero-order chi connectivity index (χ0) is 22.5. The average molecular weight is 439 g/mol. The van der Waals surface area contributed by atoms with E-state index in [4.69, 9.17) is 0 Å². The summed E-state index contributed by atoms with van der Waals surface area (Å²) in [7, 11) is 0. The summed E-state index contributed by atoms with van der Waals surface area (Å²) in [4.78, 5) is 32.4. The van der Waals surface area contributed by atoms with Gasteiger partial charge >= 0.3 is 0 Å². The molecule has 2 amide bonds. The number of nitrogens with one attached hydrogen (secondary N) is 1. The van der Waals surface area contributed by atoms with Crippen molar-refractivity contribution in [2.24, 2.45) is 5.92 Å². The summed E-state index contributed by atoms with van der Waals surface area (Å²) < 4.78 is 13.2. The van der Waals surface area contributed by atoms with E-state index in [1.165, 1.54) is 24.3 Å². The Bertz CT molecular complexity index is 941. The van der Waals surface area contributed by atoms with Gasteiger partial charge in [-0.1, -0.05) is 19.1 Å². The van der Waals surface area contributed by atoms with Gasteiger partial charge in [-0.2, -0.15) is 0 Å². The largest absolute Gasteiger partial charge is 0.367 e. The van der Waals surface area contributed by atoms with Crippen molar-refractivity contribution in [3.05, 3.63) is 59.9 Å². The first kappa shape index (κ1) is 22.3. The highest BCUT2D eigenvalue weighted by Crippen LogP contribution is 2.28. The van der Waals surface area contributed by atoms with Crippen LogP contribution >= 0.6 is 0 Å². The Morgan fingerprint density at radius 2 is 1.72 bits per heavy atom. The fourth-order valence-corrected chi connectivity index (χ4v) is 4.55. The molecule has 2 saturated heterocycles. The first-order chi connectivity index (χ1) is 15.5. The minimum Gasteiger partial charge on any atom is -0.367 e. The van der Waals surface area contributed by atoms with Gasteiger partial charge in [-0.15, -0.1) is 0 Å². The third-order valence-corrected chi connectivity index (χ3v) is 6.49. The van der Waals surface area contributed by atoms with E-state index in [1.807, 2.05) is 18.2 Å². The van der Waals surface area contributed by atoms with Crippen molar-refractivity contribution in [2.45, 2.75) is 19.8 Å². The van der Waals surface area contributed by atoms with E-state index in [0.717, 1.165) is 56.9 Å². The number of benzene rings is 2. The highest BCUT2D eigenvalue weighted by molar-refractivity contribution is 5.97. The molecule has 0 saturated carbocycles. The topological polar surface area (TPSA) is 55.9 Å². The van der Waals surface area contributed by atoms with Crippen molar-refractivity contribution in [2.75, 3.05) is 56.0 Å². The summed E-state index contributed by atoms with van der Waals surface area (Å²) >= 11 is 0. The predicted octanol–water partition coefficient (Wildman–Crippen LogP) is 3.46. The number of carbonyl (C=O) groups excluding carboxylic acids is 2. The van der Waals surface area contributed by atoms with Crippen LogP contribution in [0.1, 0.15) is 30.1 Å². The maximum atomic E-state index is 13.2. The van der Waals surface area contributed by atoms with E-state index in [-0.39, 0.29) is 23.5 Å². The first-order valence-corrected chi connectivity index (χ1v) is 11.5. The zero-order valence-corrected chi connectivity index (χ0v) is 18.6. The van der Waals surface area contributed by atoms with Crippen LogP contribution in [0.2, 0.25) is 0 Å². The van der Waals surface area contributed by atoms with Crippen molar-refractivity contribution in [3.8, 4) is 0 Å². The van der Waals surface area contributed by atoms with Crippen molar-refractivity contribution in [3.63, 3.8) is 0 Å². The molecule has 32 heavy (non-hydrogen) atoms. The van der Waals surface area contributed by atoms with Crippen LogP contribution in [0, 0.1) is 11.7 Å². The van der Waals surface area contributed by atoms with Gasteiger partial charge in [0, 0.05) is 44.8 Å². The van der Waals surface area contributed by atoms with Crippen LogP contribution in [0.15, 0.2) is 48.5 Å². The lowest BCUT2D eigenvalue weighted by Crippen LogP contribution is -2.46. The molecule has 2 aromatic rings. The summed E-state index contributed by atoms with van der Waals surface area (Å²) in [5, 5.41) is 3.13. The highest BCUT2D eigenvalue weighted by atomic mass is 19.1. The quantitative estimate of drug-likeness (QED) is 0.777. The van der Waals surface area contributed by atoms with Crippen LogP contribution in [0.25, 0.3) is 0 Å². The van der Waals surface area contributed by atoms with Crippen molar-refractivity contribution >= 4 is 23.2 Å². The minimum absolute atomic E-state index is 0.0544. The van der Waals surface area contributed by atoms with E-state index < -0.39 is 0 Å². The zero-order valence-electron chi connectivity index (χ0n) is 18.6. The first-order valence-electron chi connectivity index (χ1n) is 11.5. The van der Waals surface area contributed by atoms with Crippen molar-refractivity contribution < 1.29 is 14.0 Å². The molecule has 2 heterocycles. The molecule has 0 aromatic heterocycles. The monoisotopic (exact) mass is 438 g/mol. The number of halogens is 1. The van der Waals surface area contributed by atoms with E-state index in [0.29, 0.717) is 18.7 Å². The standard InChI is InChI=1S/C25H31FN4O2/c1-2-28-14-16-29(17-15-28)23-8-4-3-7-22(23)27-24(31)20-6-5-13-30(18-20)25(32)19-9-11-21(26)12-10-19/h3-4,7-12,20H,2,5-6,13-18H2,1H3,(H,27,31). The number of para-hydroxylation sites is 2. The Morgan fingerprint density at radius 3 is 2.44 bits per heavy atom. The highest BCUT2D eigenvalue weighted by Gasteiger charge is 2.29. The molecule has 0 aliphatic carbocycles. The average Bonchev–Trinajstić information content (AvgIpc) is 2.84. The molecule has 6 nitrogen and oxygen atoms in total. The van der Waals surface area contributed by atoms with Gasteiger partial charge in [-0.05, 0) is 55.8 Å². The number of hydrogen-bond acceptors (Lipinski definition) is 4. The van der Waals surface area contributed by atoms with E-state index in [1.54, 1.807) is 4.90 Å². The number of piperazine rings is 1. The number of carbonyl (C=O) groups is 2. The summed E-state index contributed by atoms with van der Waals surface area (Å²) in [5.74, 6) is -0.844. The second-order valence-electron chi connectivity index (χ2n) is 8.52. The van der Waals surface area contributed by atoms with Crippen LogP contribution < -0.4 is 10.2 Å². The van der Waals surface area contributed by atoms with Gasteiger partial charge in [0.1, 0.15) is 5.82 Å². The van der Waals surface area contributed by atoms with Crippen LogP contribution in [0.3, 0.4) is 0 Å². The van der Waals surface area contributed by atoms with Gasteiger partial charge in [-0.3, -0.25) is 9.59 Å². The second kappa shape index (κ2) is 10.1. The molecule has 7 heteroatoms. The van der Waals surface area contributed by atoms with Crippen LogP contribution in [-0.2, 0) is 4.79 Å². The number of rotatable bonds is 5. The Kier molecular flexibility index (Phi) is 7.05. The summed E-state index contributed by atoms with van der Waals surface area (Å²) in [6.45, 7) is 8.12. The van der Waals surface area contributed by atoms with Gasteiger partial charge < -0.3 is 20.0 Å². The molecule has 1 unspecified atom stereocenters. The maximum absolute atomic E-state index is 13.2. The van der Waals surface area contributed by atoms with E-state index in [9.17, 15) is 14.0 Å². The third-order valence-electron chi connectivity index (χ3n) is 6.49. The van der Waals surface area contributed by atoms with Crippen molar-refractivity contribution in [1.29, 1.82) is 0 Å². The number of hydrogen-bond donors (Lipinski definition) is 1. The fourth-order valence-electron chi connectivity index (χ4n) is 4.55. The molecule has 2 fully saturated rings.